The smallest absolute Gasteiger partial charge is 0.269 e. The van der Waals surface area contributed by atoms with Gasteiger partial charge in [0.15, 0.2) is 0 Å². The predicted molar refractivity (Wildman–Crippen MR) is 110 cm³/mol. The maximum absolute atomic E-state index is 10.6. The summed E-state index contributed by atoms with van der Waals surface area (Å²) in [5.41, 5.74) is 1.05. The van der Waals surface area contributed by atoms with Gasteiger partial charge >= 0.3 is 0 Å². The molecule has 0 aliphatic carbocycles. The highest BCUT2D eigenvalue weighted by molar-refractivity contribution is 6.42. The van der Waals surface area contributed by atoms with Crippen LogP contribution < -0.4 is 9.64 Å². The summed E-state index contributed by atoms with van der Waals surface area (Å²) in [5, 5.41) is 22.0. The maximum Gasteiger partial charge on any atom is 0.269 e. The van der Waals surface area contributed by atoms with Crippen LogP contribution in [0.1, 0.15) is 0 Å². The Morgan fingerprint density at radius 2 is 1.75 bits per heavy atom. The number of nitrogens with zero attached hydrogens (tertiary/aromatic N) is 3. The Kier molecular flexibility index (Phi) is 6.96. The summed E-state index contributed by atoms with van der Waals surface area (Å²) in [6, 6.07) is 11.4. The van der Waals surface area contributed by atoms with Gasteiger partial charge in [-0.1, -0.05) is 23.2 Å². The molecule has 1 N–H and O–H groups in total. The second kappa shape index (κ2) is 9.43. The molecule has 0 radical (unpaired) electrons. The largest absolute Gasteiger partial charge is 0.491 e. The predicted octanol–water partition coefficient (Wildman–Crippen LogP) is 3.46. The molecule has 9 heteroatoms. The molecule has 2 aromatic carbocycles. The monoisotopic (exact) mass is 425 g/mol. The summed E-state index contributed by atoms with van der Waals surface area (Å²) in [6.07, 6.45) is -0.647. The number of piperazine rings is 1. The minimum Gasteiger partial charge on any atom is -0.491 e. The number of rotatable bonds is 7. The number of anilines is 1. The number of β-amino-alcohol motifs (C(OH)–C–C–N with tert-alkyl or cyclic N) is 1. The summed E-state index contributed by atoms with van der Waals surface area (Å²) in [6.45, 7) is 3.92. The first-order valence-electron chi connectivity index (χ1n) is 8.90. The van der Waals surface area contributed by atoms with Gasteiger partial charge in [0.25, 0.3) is 5.69 Å². The van der Waals surface area contributed by atoms with Gasteiger partial charge < -0.3 is 14.7 Å². The van der Waals surface area contributed by atoms with E-state index in [2.05, 4.69) is 9.80 Å². The van der Waals surface area contributed by atoms with Gasteiger partial charge in [0.1, 0.15) is 18.5 Å². The molecule has 3 rings (SSSR count). The first-order chi connectivity index (χ1) is 13.4. The number of benzene rings is 2. The summed E-state index contributed by atoms with van der Waals surface area (Å²) < 4.78 is 5.52. The lowest BCUT2D eigenvalue weighted by Gasteiger charge is -2.37. The number of nitro groups is 1. The van der Waals surface area contributed by atoms with Gasteiger partial charge in [-0.2, -0.15) is 0 Å². The molecular formula is C19H21Cl2N3O4. The molecule has 1 fully saturated rings. The average Bonchev–Trinajstić information content (AvgIpc) is 2.69. The van der Waals surface area contributed by atoms with Crippen molar-refractivity contribution in [3.05, 3.63) is 62.6 Å². The molecule has 2 aromatic rings. The standard InChI is InChI=1S/C19H21Cl2N3O4/c20-18-6-3-15(11-19(18)21)23-9-7-22(8-10-23)12-16(25)13-28-17-4-1-14(2-5-17)24(26)27/h1-6,11,16,25H,7-10,12-13H2. The molecule has 1 aliphatic rings. The lowest BCUT2D eigenvalue weighted by molar-refractivity contribution is -0.384. The Bertz CT molecular complexity index is 811. The van der Waals surface area contributed by atoms with Crippen molar-refractivity contribution in [2.45, 2.75) is 6.10 Å². The number of aliphatic hydroxyl groups excluding tert-OH is 1. The number of non-ortho nitro benzene ring substituents is 1. The lowest BCUT2D eigenvalue weighted by Crippen LogP contribution is -2.49. The zero-order valence-corrected chi connectivity index (χ0v) is 16.6. The van der Waals surface area contributed by atoms with Gasteiger partial charge in [0, 0.05) is 50.5 Å². The van der Waals surface area contributed by atoms with Crippen molar-refractivity contribution in [1.82, 2.24) is 4.90 Å². The van der Waals surface area contributed by atoms with Crippen LogP contribution in [0.5, 0.6) is 5.75 Å². The van der Waals surface area contributed by atoms with Crippen LogP contribution in [0.4, 0.5) is 11.4 Å². The van der Waals surface area contributed by atoms with Gasteiger partial charge in [-0.3, -0.25) is 15.0 Å². The number of hydrogen-bond donors (Lipinski definition) is 1. The van der Waals surface area contributed by atoms with E-state index in [1.54, 1.807) is 6.07 Å². The second-order valence-corrected chi connectivity index (χ2v) is 7.42. The van der Waals surface area contributed by atoms with Crippen LogP contribution in [-0.4, -0.2) is 60.4 Å². The van der Waals surface area contributed by atoms with Gasteiger partial charge in [-0.05, 0) is 30.3 Å². The van der Waals surface area contributed by atoms with Gasteiger partial charge in [0.2, 0.25) is 0 Å². The zero-order chi connectivity index (χ0) is 20.1. The molecule has 150 valence electrons. The van der Waals surface area contributed by atoms with Crippen LogP contribution in [0, 0.1) is 10.1 Å². The molecule has 1 aliphatic heterocycles. The quantitative estimate of drug-likeness (QED) is 0.540. The third-order valence-electron chi connectivity index (χ3n) is 4.60. The van der Waals surface area contributed by atoms with Crippen molar-refractivity contribution in [3.8, 4) is 5.75 Å². The normalized spacial score (nSPS) is 16.0. The summed E-state index contributed by atoms with van der Waals surface area (Å²) >= 11 is 12.1. The van der Waals surface area contributed by atoms with Crippen LogP contribution >= 0.6 is 23.2 Å². The van der Waals surface area contributed by atoms with Crippen LogP contribution in [0.2, 0.25) is 10.0 Å². The number of nitro benzene ring substituents is 1. The lowest BCUT2D eigenvalue weighted by atomic mass is 10.2. The Morgan fingerprint density at radius 1 is 1.07 bits per heavy atom. The van der Waals surface area contributed by atoms with E-state index < -0.39 is 11.0 Å². The van der Waals surface area contributed by atoms with E-state index in [0.29, 0.717) is 22.3 Å². The highest BCUT2D eigenvalue weighted by Crippen LogP contribution is 2.27. The fraction of sp³-hybridized carbons (Fsp3) is 0.368. The van der Waals surface area contributed by atoms with Gasteiger partial charge in [-0.15, -0.1) is 0 Å². The molecule has 1 atom stereocenters. The fourth-order valence-electron chi connectivity index (χ4n) is 3.08. The SMILES string of the molecule is O=[N+]([O-])c1ccc(OCC(O)CN2CCN(c3ccc(Cl)c(Cl)c3)CC2)cc1. The van der Waals surface area contributed by atoms with Crippen LogP contribution in [0.25, 0.3) is 0 Å². The minimum absolute atomic E-state index is 0.00717. The summed E-state index contributed by atoms with van der Waals surface area (Å²) in [4.78, 5) is 14.6. The van der Waals surface area contributed by atoms with Gasteiger partial charge in [-0.25, -0.2) is 0 Å². The highest BCUT2D eigenvalue weighted by Gasteiger charge is 2.20. The Balaban J connectivity index is 1.42. The number of ether oxygens (including phenoxy) is 1. The van der Waals surface area contributed by atoms with Crippen molar-refractivity contribution < 1.29 is 14.8 Å². The number of halogens is 2. The van der Waals surface area contributed by atoms with Crippen LogP contribution in [0.3, 0.4) is 0 Å². The molecular weight excluding hydrogens is 405 g/mol. The van der Waals surface area contributed by atoms with E-state index in [1.807, 2.05) is 12.1 Å². The highest BCUT2D eigenvalue weighted by atomic mass is 35.5. The number of aliphatic hydroxyl groups is 1. The first-order valence-corrected chi connectivity index (χ1v) is 9.65. The van der Waals surface area contributed by atoms with E-state index in [9.17, 15) is 15.2 Å². The van der Waals surface area contributed by atoms with Crippen LogP contribution in [-0.2, 0) is 0 Å². The molecule has 1 saturated heterocycles. The van der Waals surface area contributed by atoms with Crippen molar-refractivity contribution in [2.24, 2.45) is 0 Å². The maximum atomic E-state index is 10.6. The third kappa shape index (κ3) is 5.48. The molecule has 0 bridgehead atoms. The number of hydrogen-bond acceptors (Lipinski definition) is 6. The molecule has 0 amide bonds. The van der Waals surface area contributed by atoms with E-state index in [1.165, 1.54) is 24.3 Å². The molecule has 1 heterocycles. The Labute approximate surface area is 173 Å². The van der Waals surface area contributed by atoms with E-state index in [-0.39, 0.29) is 12.3 Å². The van der Waals surface area contributed by atoms with Crippen LogP contribution in [0.15, 0.2) is 42.5 Å². The van der Waals surface area contributed by atoms with Crippen molar-refractivity contribution in [2.75, 3.05) is 44.2 Å². The van der Waals surface area contributed by atoms with E-state index >= 15 is 0 Å². The molecule has 1 unspecified atom stereocenters. The fourth-order valence-corrected chi connectivity index (χ4v) is 3.37. The van der Waals surface area contributed by atoms with Crippen molar-refractivity contribution in [3.63, 3.8) is 0 Å². The molecule has 0 spiro atoms. The Hall–Kier alpha value is -2.06. The molecule has 7 nitrogen and oxygen atoms in total. The molecule has 28 heavy (non-hydrogen) atoms. The second-order valence-electron chi connectivity index (χ2n) is 6.60. The summed E-state index contributed by atoms with van der Waals surface area (Å²) in [5.74, 6) is 0.495. The Morgan fingerprint density at radius 3 is 2.36 bits per heavy atom. The van der Waals surface area contributed by atoms with E-state index in [0.717, 1.165) is 31.9 Å². The molecule has 0 aromatic heterocycles. The van der Waals surface area contributed by atoms with Gasteiger partial charge in [0.05, 0.1) is 15.0 Å². The van der Waals surface area contributed by atoms with E-state index in [4.69, 9.17) is 27.9 Å². The molecule has 0 saturated carbocycles. The summed E-state index contributed by atoms with van der Waals surface area (Å²) in [7, 11) is 0. The van der Waals surface area contributed by atoms with Crippen molar-refractivity contribution in [1.29, 1.82) is 0 Å². The average molecular weight is 426 g/mol. The minimum atomic E-state index is -0.647. The zero-order valence-electron chi connectivity index (χ0n) is 15.1. The third-order valence-corrected chi connectivity index (χ3v) is 5.34. The van der Waals surface area contributed by atoms with Crippen molar-refractivity contribution >= 4 is 34.6 Å². The topological polar surface area (TPSA) is 79.1 Å². The first kappa shape index (κ1) is 20.7.